The highest BCUT2D eigenvalue weighted by atomic mass is 14.7. The molecule has 0 atom stereocenters. The molecule has 0 saturated carbocycles. The van der Waals surface area contributed by atoms with E-state index < -0.39 is 5.41 Å². The third-order valence-corrected chi connectivity index (χ3v) is 9.79. The van der Waals surface area contributed by atoms with Crippen LogP contribution < -0.4 is 0 Å². The quantitative estimate of drug-likeness (QED) is 0.192. The predicted molar refractivity (Wildman–Crippen MR) is 176 cm³/mol. The van der Waals surface area contributed by atoms with Crippen molar-refractivity contribution in [3.63, 3.8) is 0 Å². The minimum absolute atomic E-state index is 0.394. The first-order valence-corrected chi connectivity index (χ1v) is 14.8. The van der Waals surface area contributed by atoms with Gasteiger partial charge in [-0.15, -0.1) is 0 Å². The van der Waals surface area contributed by atoms with Gasteiger partial charge >= 0.3 is 0 Å². The van der Waals surface area contributed by atoms with Gasteiger partial charge in [-0.3, -0.25) is 9.97 Å². The van der Waals surface area contributed by atoms with Crippen LogP contribution in [0.15, 0.2) is 146 Å². The van der Waals surface area contributed by atoms with Crippen LogP contribution in [0.3, 0.4) is 0 Å². The fourth-order valence-electron chi connectivity index (χ4n) is 8.17. The lowest BCUT2D eigenvalue weighted by atomic mass is 9.61. The molecule has 0 N–H and O–H groups in total. The first-order valence-electron chi connectivity index (χ1n) is 14.8. The summed E-state index contributed by atoms with van der Waals surface area (Å²) in [5.41, 5.74) is 14.6. The molecular formula is C41H24N2. The largest absolute Gasteiger partial charge is 0.254 e. The Morgan fingerprint density at radius 2 is 0.953 bits per heavy atom. The molecule has 10 rings (SSSR count). The molecule has 0 saturated heterocycles. The summed E-state index contributed by atoms with van der Waals surface area (Å²) >= 11 is 0. The van der Waals surface area contributed by atoms with Crippen LogP contribution in [-0.2, 0) is 5.41 Å². The van der Waals surface area contributed by atoms with Crippen LogP contribution in [0, 0.1) is 0 Å². The van der Waals surface area contributed by atoms with Gasteiger partial charge in [-0.1, -0.05) is 121 Å². The van der Waals surface area contributed by atoms with E-state index >= 15 is 0 Å². The molecule has 0 unspecified atom stereocenters. The Bertz CT molecular complexity index is 2430. The molecule has 0 aliphatic heterocycles. The molecule has 2 nitrogen and oxygen atoms in total. The van der Waals surface area contributed by atoms with Crippen LogP contribution in [0.2, 0.25) is 0 Å². The molecule has 2 aromatic heterocycles. The first kappa shape index (κ1) is 23.0. The summed E-state index contributed by atoms with van der Waals surface area (Å²) in [6, 6.07) is 49.2. The van der Waals surface area contributed by atoms with Crippen LogP contribution in [0.4, 0.5) is 0 Å². The number of benzene rings is 6. The Hall–Kier alpha value is -5.60. The van der Waals surface area contributed by atoms with Crippen molar-refractivity contribution in [3.8, 4) is 33.4 Å². The van der Waals surface area contributed by atoms with E-state index in [0.29, 0.717) is 0 Å². The Balaban J connectivity index is 1.36. The number of aromatic nitrogens is 2. The zero-order valence-electron chi connectivity index (χ0n) is 23.3. The van der Waals surface area contributed by atoms with Crippen molar-refractivity contribution >= 4 is 32.6 Å². The summed E-state index contributed by atoms with van der Waals surface area (Å²) in [6.07, 6.45) is 3.79. The summed E-state index contributed by atoms with van der Waals surface area (Å²) in [4.78, 5) is 9.52. The normalized spacial score (nSPS) is 13.8. The topological polar surface area (TPSA) is 25.8 Å². The van der Waals surface area contributed by atoms with Gasteiger partial charge in [-0.2, -0.15) is 0 Å². The molecule has 0 bridgehead atoms. The third-order valence-electron chi connectivity index (χ3n) is 9.79. The summed E-state index contributed by atoms with van der Waals surface area (Å²) in [6.45, 7) is 0. The van der Waals surface area contributed by atoms with Crippen molar-refractivity contribution in [1.29, 1.82) is 0 Å². The number of rotatable bonds is 1. The maximum absolute atomic E-state index is 4.81. The maximum Gasteiger partial charge on any atom is 0.0970 e. The summed E-state index contributed by atoms with van der Waals surface area (Å²) < 4.78 is 0. The Labute approximate surface area is 248 Å². The molecule has 0 amide bonds. The number of pyridine rings is 2. The lowest BCUT2D eigenvalue weighted by Gasteiger charge is -2.40. The fourth-order valence-corrected chi connectivity index (χ4v) is 8.17. The lowest BCUT2D eigenvalue weighted by Crippen LogP contribution is -2.31. The van der Waals surface area contributed by atoms with Crippen molar-refractivity contribution in [2.45, 2.75) is 5.41 Å². The second-order valence-corrected chi connectivity index (χ2v) is 11.7. The average Bonchev–Trinajstić information content (AvgIpc) is 3.37. The molecule has 2 aliphatic rings. The number of fused-ring (bicyclic) bond motifs is 12. The summed E-state index contributed by atoms with van der Waals surface area (Å²) in [5.74, 6) is 0. The number of hydrogen-bond donors (Lipinski definition) is 0. The van der Waals surface area contributed by atoms with Gasteiger partial charge in [-0.05, 0) is 78.5 Å². The maximum atomic E-state index is 4.81. The highest BCUT2D eigenvalue weighted by molar-refractivity contribution is 6.15. The molecule has 2 heteroatoms. The molecular weight excluding hydrogens is 520 g/mol. The van der Waals surface area contributed by atoms with Gasteiger partial charge < -0.3 is 0 Å². The lowest BCUT2D eigenvalue weighted by molar-refractivity contribution is 0.773. The monoisotopic (exact) mass is 544 g/mol. The van der Waals surface area contributed by atoms with Crippen LogP contribution >= 0.6 is 0 Å². The van der Waals surface area contributed by atoms with Crippen molar-refractivity contribution in [2.75, 3.05) is 0 Å². The number of hydrogen-bond acceptors (Lipinski definition) is 2. The molecule has 2 aliphatic carbocycles. The Kier molecular flexibility index (Phi) is 4.41. The molecule has 0 fully saturated rings. The van der Waals surface area contributed by atoms with Crippen molar-refractivity contribution in [3.05, 3.63) is 168 Å². The third kappa shape index (κ3) is 2.78. The molecule has 6 aromatic carbocycles. The van der Waals surface area contributed by atoms with Crippen molar-refractivity contribution < 1.29 is 0 Å². The molecule has 43 heavy (non-hydrogen) atoms. The van der Waals surface area contributed by atoms with Crippen LogP contribution in [0.25, 0.3) is 66.0 Å². The van der Waals surface area contributed by atoms with Gasteiger partial charge in [0.2, 0.25) is 0 Å². The molecule has 0 radical (unpaired) electrons. The van der Waals surface area contributed by atoms with Crippen molar-refractivity contribution in [1.82, 2.24) is 9.97 Å². The van der Waals surface area contributed by atoms with Crippen molar-refractivity contribution in [2.24, 2.45) is 0 Å². The molecule has 198 valence electrons. The summed E-state index contributed by atoms with van der Waals surface area (Å²) in [7, 11) is 0. The molecule has 8 aromatic rings. The average molecular weight is 545 g/mol. The Morgan fingerprint density at radius 3 is 1.70 bits per heavy atom. The summed E-state index contributed by atoms with van der Waals surface area (Å²) in [5, 5.41) is 4.82. The zero-order valence-corrected chi connectivity index (χ0v) is 23.3. The van der Waals surface area contributed by atoms with Crippen LogP contribution in [0.1, 0.15) is 22.3 Å². The van der Waals surface area contributed by atoms with Gasteiger partial charge in [0.25, 0.3) is 0 Å². The zero-order chi connectivity index (χ0) is 28.1. The van der Waals surface area contributed by atoms with Crippen LogP contribution in [0.5, 0.6) is 0 Å². The van der Waals surface area contributed by atoms with Gasteiger partial charge in [0.05, 0.1) is 16.4 Å². The van der Waals surface area contributed by atoms with E-state index in [1.807, 2.05) is 18.5 Å². The predicted octanol–water partition coefficient (Wildman–Crippen LogP) is 9.95. The highest BCUT2D eigenvalue weighted by Crippen LogP contribution is 2.62. The minimum Gasteiger partial charge on any atom is -0.254 e. The van der Waals surface area contributed by atoms with E-state index in [1.54, 1.807) is 0 Å². The van der Waals surface area contributed by atoms with Gasteiger partial charge in [0.15, 0.2) is 0 Å². The van der Waals surface area contributed by atoms with E-state index in [0.717, 1.165) is 21.8 Å². The molecule has 2 heterocycles. The SMILES string of the molecule is c1ccc2c(c1)-c1ccccc1C21c2ccccc2-c2ccc(-c3ccnc4c3ccc3cccnc34)c3cccc1c23. The number of nitrogens with zero attached hydrogens (tertiary/aromatic N) is 2. The Morgan fingerprint density at radius 1 is 0.349 bits per heavy atom. The van der Waals surface area contributed by atoms with Gasteiger partial charge in [0, 0.05) is 23.2 Å². The standard InChI is InChI=1S/C41H24N2/c1-4-14-34-28(10-1)29-11-2-5-15-35(29)41(34)36-16-6-3-12-30(36)32-21-20-26(31-13-7-17-37(41)38(31)32)27-22-24-43-40-33(27)19-18-25-9-8-23-42-39(25)40/h1-24H. The van der Waals surface area contributed by atoms with E-state index in [-0.39, 0.29) is 0 Å². The second kappa shape index (κ2) is 8.24. The smallest absolute Gasteiger partial charge is 0.0970 e. The minimum atomic E-state index is -0.394. The van der Waals surface area contributed by atoms with Gasteiger partial charge in [0.1, 0.15) is 0 Å². The van der Waals surface area contributed by atoms with Crippen LogP contribution in [-0.4, -0.2) is 9.97 Å². The van der Waals surface area contributed by atoms with E-state index in [4.69, 9.17) is 9.97 Å². The van der Waals surface area contributed by atoms with E-state index in [9.17, 15) is 0 Å². The first-order chi connectivity index (χ1) is 21.4. The fraction of sp³-hybridized carbons (Fsp3) is 0.0244. The molecule has 1 spiro atoms. The van der Waals surface area contributed by atoms with E-state index in [1.165, 1.54) is 66.4 Å². The van der Waals surface area contributed by atoms with Gasteiger partial charge in [-0.25, -0.2) is 0 Å². The highest BCUT2D eigenvalue weighted by Gasteiger charge is 2.49. The second-order valence-electron chi connectivity index (χ2n) is 11.7. The van der Waals surface area contributed by atoms with E-state index in [2.05, 4.69) is 127 Å².